The number of hydrogen-bond donors (Lipinski definition) is 0. The number of ether oxygens (including phenoxy) is 2. The number of carbonyl (C=O) groups excluding carboxylic acids is 2. The van der Waals surface area contributed by atoms with Crippen LogP contribution in [0.3, 0.4) is 0 Å². The predicted octanol–water partition coefficient (Wildman–Crippen LogP) is 2.15. The average molecular weight is 297 g/mol. The third-order valence-electron chi connectivity index (χ3n) is 2.48. The number of anilines is 1. The molecule has 1 aromatic rings. The summed E-state index contributed by atoms with van der Waals surface area (Å²) >= 11 is 0. The van der Waals surface area contributed by atoms with Gasteiger partial charge in [-0.3, -0.25) is 9.59 Å². The van der Waals surface area contributed by atoms with Gasteiger partial charge in [0.1, 0.15) is 24.5 Å². The summed E-state index contributed by atoms with van der Waals surface area (Å²) in [7, 11) is 1.26. The average Bonchev–Trinajstić information content (AvgIpc) is 2.36. The van der Waals surface area contributed by atoms with Gasteiger partial charge in [0, 0.05) is 5.69 Å². The maximum atomic E-state index is 13.0. The van der Waals surface area contributed by atoms with Crippen LogP contribution in [0.25, 0.3) is 0 Å². The monoisotopic (exact) mass is 297 g/mol. The van der Waals surface area contributed by atoms with Crippen LogP contribution in [-0.4, -0.2) is 37.7 Å². The van der Waals surface area contributed by atoms with Crippen LogP contribution in [0.1, 0.15) is 20.8 Å². The predicted molar refractivity (Wildman–Crippen MR) is 76.5 cm³/mol. The number of halogens is 1. The molecule has 1 aromatic carbocycles. The summed E-state index contributed by atoms with van der Waals surface area (Å²) < 4.78 is 22.8. The first-order chi connectivity index (χ1) is 9.71. The minimum atomic E-state index is -0.614. The molecule has 0 aliphatic heterocycles. The molecule has 116 valence electrons. The van der Waals surface area contributed by atoms with Gasteiger partial charge in [-0.2, -0.15) is 0 Å². The zero-order valence-electron chi connectivity index (χ0n) is 12.7. The molecule has 0 bridgehead atoms. The van der Waals surface area contributed by atoms with Gasteiger partial charge in [0.2, 0.25) is 0 Å². The fraction of sp³-hybridized carbons (Fsp3) is 0.467. The van der Waals surface area contributed by atoms with E-state index in [1.165, 1.54) is 36.3 Å². The third kappa shape index (κ3) is 6.25. The van der Waals surface area contributed by atoms with Gasteiger partial charge in [-0.05, 0) is 45.0 Å². The zero-order chi connectivity index (χ0) is 16.0. The van der Waals surface area contributed by atoms with Gasteiger partial charge in [0.25, 0.3) is 0 Å². The summed E-state index contributed by atoms with van der Waals surface area (Å²) in [6, 6.07) is 5.49. The summed E-state index contributed by atoms with van der Waals surface area (Å²) in [6.45, 7) is 5.02. The maximum Gasteiger partial charge on any atom is 0.326 e. The first kappa shape index (κ1) is 16.9. The second kappa shape index (κ2) is 7.06. The largest absolute Gasteiger partial charge is 0.468 e. The molecule has 0 amide bonds. The van der Waals surface area contributed by atoms with E-state index >= 15 is 0 Å². The normalized spacial score (nSPS) is 10.9. The Balaban J connectivity index is 2.84. The van der Waals surface area contributed by atoms with Crippen molar-refractivity contribution >= 4 is 17.6 Å². The molecule has 0 aromatic heterocycles. The molecular formula is C15H20FNO4. The minimum Gasteiger partial charge on any atom is -0.468 e. The van der Waals surface area contributed by atoms with Gasteiger partial charge < -0.3 is 14.4 Å². The van der Waals surface area contributed by atoms with Crippen molar-refractivity contribution in [2.24, 2.45) is 0 Å². The second-order valence-electron chi connectivity index (χ2n) is 5.50. The van der Waals surface area contributed by atoms with Crippen LogP contribution in [0.4, 0.5) is 10.1 Å². The molecule has 0 unspecified atom stereocenters. The molecule has 21 heavy (non-hydrogen) atoms. The fourth-order valence-electron chi connectivity index (χ4n) is 1.64. The molecular weight excluding hydrogens is 277 g/mol. The van der Waals surface area contributed by atoms with Crippen LogP contribution in [0.2, 0.25) is 0 Å². The molecule has 0 atom stereocenters. The van der Waals surface area contributed by atoms with E-state index in [9.17, 15) is 14.0 Å². The standard InChI is InChI=1S/C15H20FNO4/c1-15(2,3)21-14(19)10-17(9-13(18)20-4)12-7-5-11(16)6-8-12/h5-8H,9-10H2,1-4H3. The SMILES string of the molecule is COC(=O)CN(CC(=O)OC(C)(C)C)c1ccc(F)cc1. The Morgan fingerprint density at radius 1 is 1.10 bits per heavy atom. The Morgan fingerprint density at radius 3 is 2.10 bits per heavy atom. The number of nitrogens with zero attached hydrogens (tertiary/aromatic N) is 1. The summed E-state index contributed by atoms with van der Waals surface area (Å²) in [5.74, 6) is -1.37. The van der Waals surface area contributed by atoms with Crippen LogP contribution in [0.5, 0.6) is 0 Å². The highest BCUT2D eigenvalue weighted by atomic mass is 19.1. The minimum absolute atomic E-state index is 0.124. The van der Waals surface area contributed by atoms with Crippen molar-refractivity contribution in [3.05, 3.63) is 30.1 Å². The Bertz CT molecular complexity index is 493. The summed E-state index contributed by atoms with van der Waals surface area (Å²) in [5, 5.41) is 0. The molecule has 0 radical (unpaired) electrons. The number of hydrogen-bond acceptors (Lipinski definition) is 5. The highest BCUT2D eigenvalue weighted by Gasteiger charge is 2.21. The fourth-order valence-corrected chi connectivity index (χ4v) is 1.64. The molecule has 0 heterocycles. The zero-order valence-corrected chi connectivity index (χ0v) is 12.7. The van der Waals surface area contributed by atoms with Gasteiger partial charge >= 0.3 is 11.9 Å². The molecule has 0 aliphatic carbocycles. The smallest absolute Gasteiger partial charge is 0.326 e. The van der Waals surface area contributed by atoms with E-state index in [0.717, 1.165) is 0 Å². The van der Waals surface area contributed by atoms with Gasteiger partial charge in [-0.25, -0.2) is 4.39 Å². The van der Waals surface area contributed by atoms with Crippen molar-refractivity contribution in [3.8, 4) is 0 Å². The lowest BCUT2D eigenvalue weighted by Crippen LogP contribution is -2.38. The van der Waals surface area contributed by atoms with Crippen molar-refractivity contribution < 1.29 is 23.5 Å². The molecule has 6 heteroatoms. The lowest BCUT2D eigenvalue weighted by Gasteiger charge is -2.25. The highest BCUT2D eigenvalue weighted by molar-refractivity contribution is 5.81. The van der Waals surface area contributed by atoms with Gasteiger partial charge in [-0.15, -0.1) is 0 Å². The molecule has 5 nitrogen and oxygen atoms in total. The Morgan fingerprint density at radius 2 is 1.62 bits per heavy atom. The van der Waals surface area contributed by atoms with Gasteiger partial charge in [-0.1, -0.05) is 0 Å². The maximum absolute atomic E-state index is 13.0. The molecule has 0 N–H and O–H groups in total. The third-order valence-corrected chi connectivity index (χ3v) is 2.48. The summed E-state index contributed by atoms with van der Waals surface area (Å²) in [5.41, 5.74) is -0.0794. The van der Waals surface area contributed by atoms with Gasteiger partial charge in [0.15, 0.2) is 0 Å². The van der Waals surface area contributed by atoms with Crippen molar-refractivity contribution in [2.75, 3.05) is 25.1 Å². The number of esters is 2. The molecule has 0 saturated heterocycles. The van der Waals surface area contributed by atoms with Crippen LogP contribution >= 0.6 is 0 Å². The quantitative estimate of drug-likeness (QED) is 0.779. The summed E-state index contributed by atoms with van der Waals surface area (Å²) in [6.07, 6.45) is 0. The number of methoxy groups -OCH3 is 1. The van der Waals surface area contributed by atoms with E-state index < -0.39 is 23.4 Å². The van der Waals surface area contributed by atoms with Crippen LogP contribution in [0, 0.1) is 5.82 Å². The first-order valence-electron chi connectivity index (χ1n) is 6.50. The van der Waals surface area contributed by atoms with Crippen LogP contribution < -0.4 is 4.90 Å². The number of rotatable bonds is 5. The highest BCUT2D eigenvalue weighted by Crippen LogP contribution is 2.16. The topological polar surface area (TPSA) is 55.8 Å². The molecule has 1 rings (SSSR count). The van der Waals surface area contributed by atoms with E-state index in [1.54, 1.807) is 20.8 Å². The second-order valence-corrected chi connectivity index (χ2v) is 5.50. The van der Waals surface area contributed by atoms with E-state index in [-0.39, 0.29) is 13.1 Å². The van der Waals surface area contributed by atoms with Crippen molar-refractivity contribution in [3.63, 3.8) is 0 Å². The van der Waals surface area contributed by atoms with E-state index in [4.69, 9.17) is 4.74 Å². The summed E-state index contributed by atoms with van der Waals surface area (Å²) in [4.78, 5) is 24.8. The van der Waals surface area contributed by atoms with Crippen molar-refractivity contribution in [1.82, 2.24) is 0 Å². The molecule has 0 aliphatic rings. The Hall–Kier alpha value is -2.11. The number of carbonyl (C=O) groups is 2. The molecule has 0 fully saturated rings. The van der Waals surface area contributed by atoms with E-state index in [2.05, 4.69) is 4.74 Å². The van der Waals surface area contributed by atoms with Crippen molar-refractivity contribution in [2.45, 2.75) is 26.4 Å². The van der Waals surface area contributed by atoms with E-state index in [0.29, 0.717) is 5.69 Å². The van der Waals surface area contributed by atoms with Gasteiger partial charge in [0.05, 0.1) is 7.11 Å². The van der Waals surface area contributed by atoms with Crippen LogP contribution in [-0.2, 0) is 19.1 Å². The first-order valence-corrected chi connectivity index (χ1v) is 6.50. The van der Waals surface area contributed by atoms with Crippen LogP contribution in [0.15, 0.2) is 24.3 Å². The molecule has 0 saturated carbocycles. The number of benzene rings is 1. The Labute approximate surface area is 123 Å². The molecule has 0 spiro atoms. The van der Waals surface area contributed by atoms with E-state index in [1.807, 2.05) is 0 Å². The lowest BCUT2D eigenvalue weighted by atomic mass is 10.2. The lowest BCUT2D eigenvalue weighted by molar-refractivity contribution is -0.153. The van der Waals surface area contributed by atoms with Crippen molar-refractivity contribution in [1.29, 1.82) is 0 Å². The Kier molecular flexibility index (Phi) is 5.69.